The highest BCUT2D eigenvalue weighted by Crippen LogP contribution is 2.30. The summed E-state index contributed by atoms with van der Waals surface area (Å²) >= 11 is 0. The second-order valence-electron chi connectivity index (χ2n) is 4.49. The Morgan fingerprint density at radius 3 is 2.58 bits per heavy atom. The van der Waals surface area contributed by atoms with Crippen LogP contribution >= 0.6 is 0 Å². The summed E-state index contributed by atoms with van der Waals surface area (Å²) in [6.07, 6.45) is 2.20. The summed E-state index contributed by atoms with van der Waals surface area (Å²) in [6.45, 7) is 3.78. The van der Waals surface area contributed by atoms with Crippen LogP contribution in [0.25, 0.3) is 11.3 Å². The number of oxazole rings is 1. The molecule has 0 amide bonds. The van der Waals surface area contributed by atoms with E-state index in [1.165, 1.54) is 12.0 Å². The predicted molar refractivity (Wildman–Crippen MR) is 70.7 cm³/mol. The number of hydrogen-bond donors (Lipinski definition) is 0. The molecule has 0 saturated heterocycles. The molecular formula is C15H14N2O2. The summed E-state index contributed by atoms with van der Waals surface area (Å²) in [5.74, 6) is 1.50. The molecule has 0 aliphatic heterocycles. The summed E-state index contributed by atoms with van der Waals surface area (Å²) < 4.78 is 10.7. The first-order valence-electron chi connectivity index (χ1n) is 6.15. The zero-order chi connectivity index (χ0) is 13.2. The highest BCUT2D eigenvalue weighted by Gasteiger charge is 2.19. The summed E-state index contributed by atoms with van der Waals surface area (Å²) in [5.41, 5.74) is 3.83. The van der Waals surface area contributed by atoms with Crippen molar-refractivity contribution in [3.05, 3.63) is 59.4 Å². The van der Waals surface area contributed by atoms with Crippen LogP contribution in [-0.4, -0.2) is 10.1 Å². The standard InChI is InChI=1S/C15H14N2O2/c1-10-14(11(2)19-17-10)15-13(16-9-18-15)8-12-6-4-3-5-7-12/h3-7,9H,8H2,1-2H3. The molecule has 0 fully saturated rings. The molecule has 4 heteroatoms. The molecule has 0 bridgehead atoms. The lowest BCUT2D eigenvalue weighted by atomic mass is 10.0. The average Bonchev–Trinajstić information content (AvgIpc) is 2.98. The molecule has 0 spiro atoms. The van der Waals surface area contributed by atoms with Gasteiger partial charge in [0.25, 0.3) is 0 Å². The van der Waals surface area contributed by atoms with Gasteiger partial charge in [-0.1, -0.05) is 35.5 Å². The molecule has 0 aliphatic carbocycles. The molecule has 0 unspecified atom stereocenters. The topological polar surface area (TPSA) is 52.1 Å². The second-order valence-corrected chi connectivity index (χ2v) is 4.49. The van der Waals surface area contributed by atoms with E-state index in [-0.39, 0.29) is 0 Å². The minimum Gasteiger partial charge on any atom is -0.443 e. The van der Waals surface area contributed by atoms with Gasteiger partial charge in [0.1, 0.15) is 5.76 Å². The Kier molecular flexibility index (Phi) is 2.91. The fraction of sp³-hybridized carbons (Fsp3) is 0.200. The molecule has 0 N–H and O–H groups in total. The summed E-state index contributed by atoms with van der Waals surface area (Å²) in [6, 6.07) is 10.2. The van der Waals surface area contributed by atoms with Gasteiger partial charge in [-0.2, -0.15) is 0 Å². The number of rotatable bonds is 3. The van der Waals surface area contributed by atoms with E-state index in [0.717, 1.165) is 34.9 Å². The van der Waals surface area contributed by atoms with E-state index in [4.69, 9.17) is 8.94 Å². The molecular weight excluding hydrogens is 240 g/mol. The van der Waals surface area contributed by atoms with Gasteiger partial charge in [0, 0.05) is 6.42 Å². The lowest BCUT2D eigenvalue weighted by molar-refractivity contribution is 0.393. The summed E-state index contributed by atoms with van der Waals surface area (Å²) in [4.78, 5) is 4.31. The van der Waals surface area contributed by atoms with Gasteiger partial charge < -0.3 is 8.94 Å². The van der Waals surface area contributed by atoms with Gasteiger partial charge in [-0.3, -0.25) is 0 Å². The van der Waals surface area contributed by atoms with Crippen LogP contribution in [0.2, 0.25) is 0 Å². The quantitative estimate of drug-likeness (QED) is 0.717. The maximum atomic E-state index is 5.53. The maximum Gasteiger partial charge on any atom is 0.181 e. The van der Waals surface area contributed by atoms with E-state index in [1.54, 1.807) is 0 Å². The average molecular weight is 254 g/mol. The fourth-order valence-electron chi connectivity index (χ4n) is 2.19. The first-order chi connectivity index (χ1) is 9.25. The second kappa shape index (κ2) is 4.72. The van der Waals surface area contributed by atoms with E-state index >= 15 is 0 Å². The molecule has 2 aromatic heterocycles. The first kappa shape index (κ1) is 11.7. The minimum absolute atomic E-state index is 0.733. The Hall–Kier alpha value is -2.36. The van der Waals surface area contributed by atoms with E-state index in [2.05, 4.69) is 22.3 Å². The van der Waals surface area contributed by atoms with Gasteiger partial charge >= 0.3 is 0 Å². The van der Waals surface area contributed by atoms with Gasteiger partial charge in [0.05, 0.1) is 17.0 Å². The Labute approximate surface area is 111 Å². The van der Waals surface area contributed by atoms with Crippen molar-refractivity contribution < 1.29 is 8.94 Å². The zero-order valence-corrected chi connectivity index (χ0v) is 10.9. The molecule has 0 atom stereocenters. The predicted octanol–water partition coefficient (Wildman–Crippen LogP) is 3.54. The third-order valence-electron chi connectivity index (χ3n) is 3.12. The van der Waals surface area contributed by atoms with E-state index < -0.39 is 0 Å². The third-order valence-corrected chi connectivity index (χ3v) is 3.12. The van der Waals surface area contributed by atoms with Crippen molar-refractivity contribution in [3.8, 4) is 11.3 Å². The van der Waals surface area contributed by atoms with Crippen molar-refractivity contribution in [2.45, 2.75) is 20.3 Å². The van der Waals surface area contributed by atoms with Crippen molar-refractivity contribution in [2.75, 3.05) is 0 Å². The van der Waals surface area contributed by atoms with Crippen LogP contribution in [0.4, 0.5) is 0 Å². The van der Waals surface area contributed by atoms with Crippen LogP contribution in [0, 0.1) is 13.8 Å². The molecule has 2 heterocycles. The number of nitrogens with zero attached hydrogens (tertiary/aromatic N) is 2. The molecule has 1 aromatic carbocycles. The molecule has 3 aromatic rings. The highest BCUT2D eigenvalue weighted by molar-refractivity contribution is 5.64. The van der Waals surface area contributed by atoms with Gasteiger partial charge in [0.2, 0.25) is 0 Å². The minimum atomic E-state index is 0.733. The van der Waals surface area contributed by atoms with Crippen LogP contribution < -0.4 is 0 Å². The van der Waals surface area contributed by atoms with E-state index in [1.807, 2.05) is 32.0 Å². The Balaban J connectivity index is 2.00. The first-order valence-corrected chi connectivity index (χ1v) is 6.15. The van der Waals surface area contributed by atoms with Crippen LogP contribution in [-0.2, 0) is 6.42 Å². The molecule has 0 aliphatic rings. The van der Waals surface area contributed by atoms with Crippen LogP contribution in [0.3, 0.4) is 0 Å². The lowest BCUT2D eigenvalue weighted by Gasteiger charge is -2.01. The largest absolute Gasteiger partial charge is 0.443 e. The monoisotopic (exact) mass is 254 g/mol. The molecule has 0 radical (unpaired) electrons. The van der Waals surface area contributed by atoms with Crippen molar-refractivity contribution in [3.63, 3.8) is 0 Å². The van der Waals surface area contributed by atoms with Crippen LogP contribution in [0.5, 0.6) is 0 Å². The van der Waals surface area contributed by atoms with Gasteiger partial charge in [-0.15, -0.1) is 0 Å². The third kappa shape index (κ3) is 2.17. The van der Waals surface area contributed by atoms with E-state index in [9.17, 15) is 0 Å². The normalized spacial score (nSPS) is 10.8. The fourth-order valence-corrected chi connectivity index (χ4v) is 2.19. The summed E-state index contributed by atoms with van der Waals surface area (Å²) in [5, 5.41) is 3.96. The Morgan fingerprint density at radius 2 is 1.89 bits per heavy atom. The van der Waals surface area contributed by atoms with Crippen LogP contribution in [0.15, 0.2) is 45.7 Å². The van der Waals surface area contributed by atoms with Crippen molar-refractivity contribution >= 4 is 0 Å². The number of hydrogen-bond acceptors (Lipinski definition) is 4. The van der Waals surface area contributed by atoms with Crippen molar-refractivity contribution in [1.29, 1.82) is 0 Å². The molecule has 96 valence electrons. The molecule has 0 saturated carbocycles. The van der Waals surface area contributed by atoms with Gasteiger partial charge in [-0.05, 0) is 19.4 Å². The maximum absolute atomic E-state index is 5.53. The SMILES string of the molecule is Cc1noc(C)c1-c1ocnc1Cc1ccccc1. The Morgan fingerprint density at radius 1 is 1.11 bits per heavy atom. The van der Waals surface area contributed by atoms with Crippen LogP contribution in [0.1, 0.15) is 22.7 Å². The van der Waals surface area contributed by atoms with E-state index in [0.29, 0.717) is 0 Å². The van der Waals surface area contributed by atoms with Crippen molar-refractivity contribution in [2.24, 2.45) is 0 Å². The summed E-state index contributed by atoms with van der Waals surface area (Å²) in [7, 11) is 0. The smallest absolute Gasteiger partial charge is 0.181 e. The number of benzene rings is 1. The van der Waals surface area contributed by atoms with Gasteiger partial charge in [0.15, 0.2) is 12.2 Å². The van der Waals surface area contributed by atoms with Gasteiger partial charge in [-0.25, -0.2) is 4.98 Å². The number of aryl methyl sites for hydroxylation is 2. The molecule has 4 nitrogen and oxygen atoms in total. The Bertz CT molecular complexity index is 664. The highest BCUT2D eigenvalue weighted by atomic mass is 16.5. The lowest BCUT2D eigenvalue weighted by Crippen LogP contribution is -1.92. The molecule has 19 heavy (non-hydrogen) atoms. The molecule has 3 rings (SSSR count). The number of aromatic nitrogens is 2. The van der Waals surface area contributed by atoms with Crippen molar-refractivity contribution in [1.82, 2.24) is 10.1 Å². The zero-order valence-electron chi connectivity index (χ0n) is 10.9.